The van der Waals surface area contributed by atoms with Crippen LogP contribution in [0.1, 0.15) is 16.8 Å². The summed E-state index contributed by atoms with van der Waals surface area (Å²) in [5.74, 6) is 0.459. The zero-order chi connectivity index (χ0) is 19.4. The highest BCUT2D eigenvalue weighted by Crippen LogP contribution is 2.32. The number of quaternary nitrogens is 1. The summed E-state index contributed by atoms with van der Waals surface area (Å²) in [6.45, 7) is 1.56. The second-order valence-electron chi connectivity index (χ2n) is 6.58. The highest BCUT2D eigenvalue weighted by atomic mass is 35.5. The third kappa shape index (κ3) is 4.58. The third-order valence-corrected chi connectivity index (χ3v) is 5.49. The van der Waals surface area contributed by atoms with Crippen molar-refractivity contribution in [3.63, 3.8) is 0 Å². The second-order valence-corrected chi connectivity index (χ2v) is 8.02. The number of carbonyl (C=O) groups is 1. The summed E-state index contributed by atoms with van der Waals surface area (Å²) in [5, 5.41) is 1.34. The first kappa shape index (κ1) is 19.6. The Balaban J connectivity index is 1.97. The van der Waals surface area contributed by atoms with Crippen LogP contribution in [0.5, 0.6) is 5.75 Å². The minimum atomic E-state index is -0.105. The number of carbonyl (C=O) groups excluding carboxylic acids is 1. The van der Waals surface area contributed by atoms with Gasteiger partial charge in [0.2, 0.25) is 0 Å². The molecule has 0 radical (unpaired) electrons. The van der Waals surface area contributed by atoms with E-state index in [1.807, 2.05) is 30.3 Å². The molecule has 2 aromatic carbocycles. The van der Waals surface area contributed by atoms with Gasteiger partial charge in [0.05, 0.1) is 43.5 Å². The first-order chi connectivity index (χ1) is 13.0. The van der Waals surface area contributed by atoms with Crippen LogP contribution < -0.4 is 14.5 Å². The van der Waals surface area contributed by atoms with Gasteiger partial charge in [-0.25, -0.2) is 4.98 Å². The minimum absolute atomic E-state index is 0.105. The average Bonchev–Trinajstić information content (AvgIpc) is 3.07. The van der Waals surface area contributed by atoms with Crippen molar-refractivity contribution in [3.8, 4) is 5.75 Å². The van der Waals surface area contributed by atoms with E-state index in [9.17, 15) is 4.79 Å². The van der Waals surface area contributed by atoms with Gasteiger partial charge in [-0.05, 0) is 30.3 Å². The molecule has 1 N–H and O–H groups in total. The van der Waals surface area contributed by atoms with E-state index in [2.05, 4.69) is 19.1 Å². The standard InChI is InChI=1S/C20H22ClN3O2S/c1-23(2)11-6-12-24(19(25)15-7-4-5-8-17(15)26-3)20-22-16-10-9-14(21)13-18(16)27-20/h4-5,7-10,13H,6,11-12H2,1-3H3/p+1. The fourth-order valence-corrected chi connectivity index (χ4v) is 4.11. The van der Waals surface area contributed by atoms with Gasteiger partial charge in [0.15, 0.2) is 5.13 Å². The molecule has 0 fully saturated rings. The van der Waals surface area contributed by atoms with Crippen molar-refractivity contribution >= 4 is 44.2 Å². The molecule has 27 heavy (non-hydrogen) atoms. The van der Waals surface area contributed by atoms with E-state index in [0.717, 1.165) is 23.2 Å². The van der Waals surface area contributed by atoms with Crippen LogP contribution in [0.25, 0.3) is 10.2 Å². The van der Waals surface area contributed by atoms with E-state index in [1.165, 1.54) is 16.2 Å². The number of halogens is 1. The number of amides is 1. The van der Waals surface area contributed by atoms with Crippen LogP contribution in [0.4, 0.5) is 5.13 Å². The number of hydrogen-bond donors (Lipinski definition) is 1. The molecule has 0 saturated heterocycles. The zero-order valence-corrected chi connectivity index (χ0v) is 17.2. The van der Waals surface area contributed by atoms with E-state index >= 15 is 0 Å². The lowest BCUT2D eigenvalue weighted by Crippen LogP contribution is -3.05. The molecule has 1 heterocycles. The van der Waals surface area contributed by atoms with Gasteiger partial charge in [-0.2, -0.15) is 0 Å². The summed E-state index contributed by atoms with van der Waals surface area (Å²) in [4.78, 5) is 21.1. The molecule has 7 heteroatoms. The van der Waals surface area contributed by atoms with Crippen molar-refractivity contribution in [1.29, 1.82) is 0 Å². The van der Waals surface area contributed by atoms with E-state index < -0.39 is 0 Å². The Morgan fingerprint density at radius 1 is 1.26 bits per heavy atom. The number of methoxy groups -OCH3 is 1. The fraction of sp³-hybridized carbons (Fsp3) is 0.300. The molecule has 0 aliphatic heterocycles. The maximum Gasteiger partial charge on any atom is 0.263 e. The van der Waals surface area contributed by atoms with Crippen molar-refractivity contribution in [2.24, 2.45) is 0 Å². The van der Waals surface area contributed by atoms with Gasteiger partial charge in [0, 0.05) is 18.0 Å². The van der Waals surface area contributed by atoms with Crippen LogP contribution in [0.2, 0.25) is 5.02 Å². The summed E-state index contributed by atoms with van der Waals surface area (Å²) in [5.41, 5.74) is 1.38. The van der Waals surface area contributed by atoms with Crippen molar-refractivity contribution in [1.82, 2.24) is 4.98 Å². The summed E-state index contributed by atoms with van der Waals surface area (Å²) < 4.78 is 6.35. The molecule has 0 spiro atoms. The number of para-hydroxylation sites is 1. The first-order valence-electron chi connectivity index (χ1n) is 8.79. The van der Waals surface area contributed by atoms with Crippen LogP contribution in [-0.4, -0.2) is 45.2 Å². The number of nitrogens with zero attached hydrogens (tertiary/aromatic N) is 2. The molecule has 3 aromatic rings. The average molecular weight is 405 g/mol. The molecule has 1 aromatic heterocycles. The predicted octanol–water partition coefficient (Wildman–Crippen LogP) is 3.14. The number of rotatable bonds is 7. The Hall–Kier alpha value is -2.15. The summed E-state index contributed by atoms with van der Waals surface area (Å²) >= 11 is 7.58. The van der Waals surface area contributed by atoms with Gasteiger partial charge in [-0.15, -0.1) is 0 Å². The molecule has 1 amide bonds. The van der Waals surface area contributed by atoms with Crippen LogP contribution in [0.3, 0.4) is 0 Å². The molecule has 0 saturated carbocycles. The highest BCUT2D eigenvalue weighted by Gasteiger charge is 2.24. The lowest BCUT2D eigenvalue weighted by molar-refractivity contribution is -0.858. The Morgan fingerprint density at radius 2 is 2.04 bits per heavy atom. The number of thiazole rings is 1. The normalized spacial score (nSPS) is 11.1. The van der Waals surface area contributed by atoms with Gasteiger partial charge in [-0.1, -0.05) is 35.1 Å². The van der Waals surface area contributed by atoms with Crippen LogP contribution in [0, 0.1) is 0 Å². The molecule has 3 rings (SSSR count). The number of benzene rings is 2. The van der Waals surface area contributed by atoms with Gasteiger partial charge in [-0.3, -0.25) is 9.69 Å². The van der Waals surface area contributed by atoms with E-state index in [-0.39, 0.29) is 5.91 Å². The van der Waals surface area contributed by atoms with Crippen molar-refractivity contribution < 1.29 is 14.4 Å². The van der Waals surface area contributed by atoms with Crippen molar-refractivity contribution in [2.45, 2.75) is 6.42 Å². The maximum atomic E-state index is 13.3. The summed E-state index contributed by atoms with van der Waals surface area (Å²) in [7, 11) is 5.78. The third-order valence-electron chi connectivity index (χ3n) is 4.21. The number of ether oxygens (including phenoxy) is 1. The lowest BCUT2D eigenvalue weighted by atomic mass is 10.1. The summed E-state index contributed by atoms with van der Waals surface area (Å²) in [6, 6.07) is 12.9. The molecule has 0 aliphatic carbocycles. The van der Waals surface area contributed by atoms with Gasteiger partial charge < -0.3 is 9.64 Å². The SMILES string of the molecule is COc1ccccc1C(=O)N(CCC[NH+](C)C)c1nc2ccc(Cl)cc2s1. The maximum absolute atomic E-state index is 13.3. The summed E-state index contributed by atoms with van der Waals surface area (Å²) in [6.07, 6.45) is 0.875. The smallest absolute Gasteiger partial charge is 0.263 e. The van der Waals surface area contributed by atoms with E-state index in [4.69, 9.17) is 16.3 Å². The largest absolute Gasteiger partial charge is 0.496 e. The predicted molar refractivity (Wildman–Crippen MR) is 112 cm³/mol. The highest BCUT2D eigenvalue weighted by molar-refractivity contribution is 7.22. The molecule has 0 aliphatic rings. The number of fused-ring (bicyclic) bond motifs is 1. The number of hydrogen-bond acceptors (Lipinski definition) is 4. The second kappa shape index (κ2) is 8.69. The fourth-order valence-electron chi connectivity index (χ4n) is 2.84. The van der Waals surface area contributed by atoms with Crippen molar-refractivity contribution in [3.05, 3.63) is 53.1 Å². The monoisotopic (exact) mass is 404 g/mol. The van der Waals surface area contributed by atoms with E-state index in [0.29, 0.717) is 28.0 Å². The molecule has 0 atom stereocenters. The minimum Gasteiger partial charge on any atom is -0.496 e. The van der Waals surface area contributed by atoms with Crippen molar-refractivity contribution in [2.75, 3.05) is 39.2 Å². The topological polar surface area (TPSA) is 46.9 Å². The molecular formula is C20H23ClN3O2S+. The number of anilines is 1. The quantitative estimate of drug-likeness (QED) is 0.658. The Labute approximate surface area is 168 Å². The van der Waals surface area contributed by atoms with Gasteiger partial charge >= 0.3 is 0 Å². The molecule has 142 valence electrons. The first-order valence-corrected chi connectivity index (χ1v) is 9.99. The Morgan fingerprint density at radius 3 is 2.78 bits per heavy atom. The molecule has 0 bridgehead atoms. The van der Waals surface area contributed by atoms with Gasteiger partial charge in [0.1, 0.15) is 5.75 Å². The lowest BCUT2D eigenvalue weighted by Gasteiger charge is -2.21. The number of aromatic nitrogens is 1. The van der Waals surface area contributed by atoms with E-state index in [1.54, 1.807) is 24.1 Å². The molecule has 5 nitrogen and oxygen atoms in total. The van der Waals surface area contributed by atoms with Crippen LogP contribution in [-0.2, 0) is 0 Å². The number of nitrogens with one attached hydrogen (secondary N) is 1. The molecular weight excluding hydrogens is 382 g/mol. The zero-order valence-electron chi connectivity index (χ0n) is 15.7. The Bertz CT molecular complexity index is 942. The van der Waals surface area contributed by atoms with Gasteiger partial charge in [0.25, 0.3) is 5.91 Å². The van der Waals surface area contributed by atoms with Crippen LogP contribution in [0.15, 0.2) is 42.5 Å². The van der Waals surface area contributed by atoms with Crippen LogP contribution >= 0.6 is 22.9 Å². The Kier molecular flexibility index (Phi) is 6.31. The molecule has 0 unspecified atom stereocenters.